The third kappa shape index (κ3) is 4.65. The van der Waals surface area contributed by atoms with Crippen LogP contribution in [-0.4, -0.2) is 48.6 Å². The van der Waals surface area contributed by atoms with E-state index < -0.39 is 0 Å². The lowest BCUT2D eigenvalue weighted by molar-refractivity contribution is 0.194. The zero-order valence-corrected chi connectivity index (χ0v) is 18.1. The van der Waals surface area contributed by atoms with E-state index in [0.29, 0.717) is 19.6 Å². The smallest absolute Gasteiger partial charge is 0.317 e. The van der Waals surface area contributed by atoms with Crippen molar-refractivity contribution in [1.82, 2.24) is 15.2 Å². The van der Waals surface area contributed by atoms with E-state index >= 15 is 0 Å². The van der Waals surface area contributed by atoms with Crippen LogP contribution in [0.3, 0.4) is 0 Å². The number of thiazole rings is 1. The maximum absolute atomic E-state index is 12.4. The second kappa shape index (κ2) is 9.01. The number of aryl methyl sites for hydroxylation is 2. The molecule has 2 heterocycles. The van der Waals surface area contributed by atoms with E-state index in [1.165, 1.54) is 5.56 Å². The topological polar surface area (TPSA) is 48.5 Å². The van der Waals surface area contributed by atoms with Crippen molar-refractivity contribution in [3.8, 4) is 0 Å². The molecule has 1 aliphatic heterocycles. The van der Waals surface area contributed by atoms with Crippen LogP contribution >= 0.6 is 22.9 Å². The Hall–Kier alpha value is -2.31. The van der Waals surface area contributed by atoms with Crippen LogP contribution in [0, 0.1) is 6.92 Å². The largest absolute Gasteiger partial charge is 0.345 e. The van der Waals surface area contributed by atoms with Crippen molar-refractivity contribution in [3.63, 3.8) is 0 Å². The molecule has 1 aliphatic rings. The lowest BCUT2D eigenvalue weighted by atomic mass is 10.1. The molecule has 7 heteroatoms. The van der Waals surface area contributed by atoms with Crippen LogP contribution in [0.5, 0.6) is 0 Å². The molecular formula is C22H25ClN4OS. The number of carbonyl (C=O) groups excluding carboxylic acids is 1. The number of rotatable bonds is 5. The molecule has 1 saturated heterocycles. The molecular weight excluding hydrogens is 404 g/mol. The fraction of sp³-hybridized carbons (Fsp3) is 0.364. The summed E-state index contributed by atoms with van der Waals surface area (Å²) in [6, 6.07) is 14.4. The normalized spacial score (nSPS) is 14.4. The van der Waals surface area contributed by atoms with E-state index in [-0.39, 0.29) is 6.03 Å². The minimum Gasteiger partial charge on any atom is -0.345 e. The van der Waals surface area contributed by atoms with E-state index in [2.05, 4.69) is 34.5 Å². The van der Waals surface area contributed by atoms with Crippen LogP contribution in [0.1, 0.15) is 17.5 Å². The van der Waals surface area contributed by atoms with Gasteiger partial charge in [-0.05, 0) is 43.0 Å². The Balaban J connectivity index is 1.26. The first kappa shape index (κ1) is 20.0. The Labute approximate surface area is 180 Å². The first-order chi connectivity index (χ1) is 14.1. The van der Waals surface area contributed by atoms with Gasteiger partial charge in [-0.2, -0.15) is 0 Å². The molecule has 0 atom stereocenters. The van der Waals surface area contributed by atoms with Gasteiger partial charge >= 0.3 is 6.03 Å². The maximum Gasteiger partial charge on any atom is 0.317 e. The highest BCUT2D eigenvalue weighted by Crippen LogP contribution is 2.33. The molecule has 5 nitrogen and oxygen atoms in total. The van der Waals surface area contributed by atoms with Gasteiger partial charge in [0, 0.05) is 37.7 Å². The van der Waals surface area contributed by atoms with Gasteiger partial charge in [0.05, 0.1) is 10.2 Å². The summed E-state index contributed by atoms with van der Waals surface area (Å²) < 4.78 is 1.15. The van der Waals surface area contributed by atoms with Crippen molar-refractivity contribution in [2.75, 3.05) is 37.6 Å². The van der Waals surface area contributed by atoms with Crippen molar-refractivity contribution in [2.24, 2.45) is 0 Å². The van der Waals surface area contributed by atoms with Gasteiger partial charge < -0.3 is 15.1 Å². The first-order valence-electron chi connectivity index (χ1n) is 9.99. The molecule has 2 amide bonds. The summed E-state index contributed by atoms with van der Waals surface area (Å²) in [6.07, 6.45) is 1.93. The summed E-state index contributed by atoms with van der Waals surface area (Å²) in [4.78, 5) is 21.4. The van der Waals surface area contributed by atoms with Crippen LogP contribution in [-0.2, 0) is 6.42 Å². The monoisotopic (exact) mass is 428 g/mol. The molecule has 4 rings (SSSR count). The summed E-state index contributed by atoms with van der Waals surface area (Å²) in [5, 5.41) is 4.81. The van der Waals surface area contributed by atoms with E-state index in [1.807, 2.05) is 30.0 Å². The number of nitrogens with one attached hydrogen (secondary N) is 1. The lowest BCUT2D eigenvalue weighted by Gasteiger charge is -2.34. The molecule has 2 aromatic carbocycles. The fourth-order valence-corrected chi connectivity index (χ4v) is 4.80. The zero-order valence-electron chi connectivity index (χ0n) is 16.5. The van der Waals surface area contributed by atoms with Gasteiger partial charge in [-0.15, -0.1) is 0 Å². The molecule has 0 saturated carbocycles. The van der Waals surface area contributed by atoms with Crippen LogP contribution in [0.25, 0.3) is 10.2 Å². The molecule has 1 N–H and O–H groups in total. The summed E-state index contributed by atoms with van der Waals surface area (Å²) in [5.41, 5.74) is 3.32. The Morgan fingerprint density at radius 3 is 2.66 bits per heavy atom. The fourth-order valence-electron chi connectivity index (χ4n) is 3.57. The van der Waals surface area contributed by atoms with Gasteiger partial charge in [0.1, 0.15) is 0 Å². The molecule has 0 spiro atoms. The molecule has 1 fully saturated rings. The van der Waals surface area contributed by atoms with Gasteiger partial charge in [-0.1, -0.05) is 53.3 Å². The first-order valence-corrected chi connectivity index (χ1v) is 11.2. The molecule has 0 unspecified atom stereocenters. The van der Waals surface area contributed by atoms with Crippen molar-refractivity contribution < 1.29 is 4.79 Å². The van der Waals surface area contributed by atoms with Crippen LogP contribution in [0.2, 0.25) is 5.02 Å². The van der Waals surface area contributed by atoms with Crippen molar-refractivity contribution in [2.45, 2.75) is 19.8 Å². The number of benzene rings is 2. The molecule has 29 heavy (non-hydrogen) atoms. The Morgan fingerprint density at radius 2 is 1.90 bits per heavy atom. The SMILES string of the molecule is Cc1c(Cl)ccc2sc(N3CCN(C(=O)NCCCc4ccccc4)CC3)nc12. The summed E-state index contributed by atoms with van der Waals surface area (Å²) >= 11 is 7.91. The van der Waals surface area contributed by atoms with E-state index in [4.69, 9.17) is 16.6 Å². The minimum absolute atomic E-state index is 0.0321. The predicted octanol–water partition coefficient (Wildman–Crippen LogP) is 4.72. The van der Waals surface area contributed by atoms with Crippen molar-refractivity contribution in [1.29, 1.82) is 0 Å². The number of aromatic nitrogens is 1. The third-order valence-corrected chi connectivity index (χ3v) is 6.83. The van der Waals surface area contributed by atoms with Crippen molar-refractivity contribution >= 4 is 44.3 Å². The molecule has 0 radical (unpaired) electrons. The van der Waals surface area contributed by atoms with Crippen LogP contribution < -0.4 is 10.2 Å². The average Bonchev–Trinajstić information content (AvgIpc) is 3.20. The third-order valence-electron chi connectivity index (χ3n) is 5.34. The zero-order chi connectivity index (χ0) is 20.2. The number of hydrogen-bond donors (Lipinski definition) is 1. The highest BCUT2D eigenvalue weighted by molar-refractivity contribution is 7.22. The number of fused-ring (bicyclic) bond motifs is 1. The highest BCUT2D eigenvalue weighted by atomic mass is 35.5. The summed E-state index contributed by atoms with van der Waals surface area (Å²) in [5.74, 6) is 0. The van der Waals surface area contributed by atoms with Gasteiger partial charge in [-0.25, -0.2) is 9.78 Å². The van der Waals surface area contributed by atoms with E-state index in [1.54, 1.807) is 11.3 Å². The van der Waals surface area contributed by atoms with E-state index in [9.17, 15) is 4.79 Å². The summed E-state index contributed by atoms with van der Waals surface area (Å²) in [6.45, 7) is 5.72. The lowest BCUT2D eigenvalue weighted by Crippen LogP contribution is -2.52. The summed E-state index contributed by atoms with van der Waals surface area (Å²) in [7, 11) is 0. The van der Waals surface area contributed by atoms with Crippen LogP contribution in [0.15, 0.2) is 42.5 Å². The Morgan fingerprint density at radius 1 is 1.14 bits per heavy atom. The molecule has 1 aromatic heterocycles. The number of halogens is 1. The van der Waals surface area contributed by atoms with Crippen LogP contribution in [0.4, 0.5) is 9.93 Å². The number of piperazine rings is 1. The number of nitrogens with zero attached hydrogens (tertiary/aromatic N) is 3. The quantitative estimate of drug-likeness (QED) is 0.598. The average molecular weight is 429 g/mol. The van der Waals surface area contributed by atoms with Gasteiger partial charge in [0.15, 0.2) is 5.13 Å². The highest BCUT2D eigenvalue weighted by Gasteiger charge is 2.23. The number of anilines is 1. The second-order valence-corrected chi connectivity index (χ2v) is 8.73. The van der Waals surface area contributed by atoms with Gasteiger partial charge in [0.25, 0.3) is 0 Å². The molecule has 152 valence electrons. The molecule has 0 bridgehead atoms. The van der Waals surface area contributed by atoms with Crippen molar-refractivity contribution in [3.05, 3.63) is 58.6 Å². The maximum atomic E-state index is 12.4. The van der Waals surface area contributed by atoms with Gasteiger partial charge in [0.2, 0.25) is 0 Å². The van der Waals surface area contributed by atoms with Gasteiger partial charge in [-0.3, -0.25) is 0 Å². The number of hydrogen-bond acceptors (Lipinski definition) is 4. The minimum atomic E-state index is 0.0321. The Kier molecular flexibility index (Phi) is 6.21. The van der Waals surface area contributed by atoms with E-state index in [0.717, 1.165) is 51.9 Å². The standard InChI is InChI=1S/C22H25ClN4OS/c1-16-18(23)9-10-19-20(16)25-22(29-19)27-14-12-26(13-15-27)21(28)24-11-5-8-17-6-3-2-4-7-17/h2-4,6-7,9-10H,5,8,11-15H2,1H3,(H,24,28). The second-order valence-electron chi connectivity index (χ2n) is 7.31. The predicted molar refractivity (Wildman–Crippen MR) is 121 cm³/mol. The number of carbonyl (C=O) groups is 1. The number of amides is 2. The Bertz CT molecular complexity index is 983. The number of urea groups is 1. The molecule has 3 aromatic rings. The molecule has 0 aliphatic carbocycles.